The Morgan fingerprint density at radius 2 is 2.11 bits per heavy atom. The lowest BCUT2D eigenvalue weighted by molar-refractivity contribution is 0.0657. The van der Waals surface area contributed by atoms with Crippen LogP contribution in [0.2, 0.25) is 0 Å². The topological polar surface area (TPSA) is 94.1 Å². The van der Waals surface area contributed by atoms with Gasteiger partial charge >= 0.3 is 0 Å². The van der Waals surface area contributed by atoms with Crippen molar-refractivity contribution in [1.82, 2.24) is 25.4 Å². The number of H-pyrrole nitrogens is 1. The molecule has 7 heteroatoms. The van der Waals surface area contributed by atoms with Gasteiger partial charge in [-0.25, -0.2) is 4.98 Å². The van der Waals surface area contributed by atoms with Crippen molar-refractivity contribution >= 4 is 16.9 Å². The lowest BCUT2D eigenvalue weighted by atomic mass is 10.0. The molecule has 0 radical (unpaired) electrons. The van der Waals surface area contributed by atoms with E-state index in [2.05, 4.69) is 27.4 Å². The summed E-state index contributed by atoms with van der Waals surface area (Å²) in [6.45, 7) is 8.12. The first-order valence-electron chi connectivity index (χ1n) is 9.13. The van der Waals surface area contributed by atoms with E-state index in [4.69, 9.17) is 0 Å². The van der Waals surface area contributed by atoms with E-state index >= 15 is 0 Å². The van der Waals surface area contributed by atoms with E-state index in [0.717, 1.165) is 35.3 Å². The van der Waals surface area contributed by atoms with Crippen LogP contribution in [0, 0.1) is 13.8 Å². The first kappa shape index (κ1) is 17.5. The van der Waals surface area contributed by atoms with Crippen LogP contribution in [0.4, 0.5) is 0 Å². The minimum atomic E-state index is -0.00131. The molecule has 0 unspecified atom stereocenters. The van der Waals surface area contributed by atoms with Gasteiger partial charge in [-0.2, -0.15) is 5.10 Å². The molecular weight excluding hydrogens is 342 g/mol. The van der Waals surface area contributed by atoms with Crippen molar-refractivity contribution in [3.05, 3.63) is 41.1 Å². The number of nitrogens with one attached hydrogen (secondary N) is 2. The number of hydrogen-bond donors (Lipinski definition) is 3. The predicted octanol–water partition coefficient (Wildman–Crippen LogP) is 2.38. The van der Waals surface area contributed by atoms with Gasteiger partial charge < -0.3 is 15.3 Å². The number of pyridine rings is 1. The molecule has 0 spiro atoms. The largest absolute Gasteiger partial charge is 0.508 e. The molecule has 7 nitrogen and oxygen atoms in total. The van der Waals surface area contributed by atoms with E-state index in [-0.39, 0.29) is 17.7 Å². The molecule has 1 saturated heterocycles. The second kappa shape index (κ2) is 6.66. The fourth-order valence-corrected chi connectivity index (χ4v) is 3.71. The van der Waals surface area contributed by atoms with E-state index in [1.165, 1.54) is 0 Å². The molecule has 3 N–H and O–H groups in total. The number of hydrogen-bond acceptors (Lipinski definition) is 5. The lowest BCUT2D eigenvalue weighted by Gasteiger charge is -2.34. The Morgan fingerprint density at radius 1 is 1.30 bits per heavy atom. The number of phenolic OH excluding ortho intramolecular Hbond substituents is 1. The maximum Gasteiger partial charge on any atom is 0.255 e. The van der Waals surface area contributed by atoms with Crippen molar-refractivity contribution in [2.24, 2.45) is 0 Å². The second-order valence-corrected chi connectivity index (χ2v) is 7.15. The summed E-state index contributed by atoms with van der Waals surface area (Å²) in [4.78, 5) is 20.0. The van der Waals surface area contributed by atoms with Crippen LogP contribution >= 0.6 is 0 Å². The molecule has 2 aromatic heterocycles. The summed E-state index contributed by atoms with van der Waals surface area (Å²) >= 11 is 0. The first-order chi connectivity index (χ1) is 13.0. The number of amides is 1. The summed E-state index contributed by atoms with van der Waals surface area (Å²) in [5.74, 6) is 0.206. The van der Waals surface area contributed by atoms with Crippen molar-refractivity contribution in [2.45, 2.75) is 26.8 Å². The van der Waals surface area contributed by atoms with Crippen molar-refractivity contribution in [3.8, 4) is 17.0 Å². The molecule has 1 fully saturated rings. The maximum absolute atomic E-state index is 13.4. The number of aryl methyl sites for hydroxylation is 2. The van der Waals surface area contributed by atoms with Gasteiger partial charge in [-0.05, 0) is 50.6 Å². The van der Waals surface area contributed by atoms with Gasteiger partial charge in [0.15, 0.2) is 5.65 Å². The number of fused-ring (bicyclic) bond motifs is 1. The highest BCUT2D eigenvalue weighted by Gasteiger charge is 2.27. The molecule has 0 bridgehead atoms. The Kier molecular flexibility index (Phi) is 4.31. The third kappa shape index (κ3) is 3.04. The summed E-state index contributed by atoms with van der Waals surface area (Å²) < 4.78 is 0. The van der Waals surface area contributed by atoms with Crippen LogP contribution in [0.3, 0.4) is 0 Å². The molecule has 0 saturated carbocycles. The second-order valence-electron chi connectivity index (χ2n) is 7.15. The number of nitrogens with zero attached hydrogens (tertiary/aromatic N) is 3. The van der Waals surface area contributed by atoms with Gasteiger partial charge in [-0.15, -0.1) is 0 Å². The Morgan fingerprint density at radius 3 is 2.85 bits per heavy atom. The first-order valence-corrected chi connectivity index (χ1v) is 9.13. The van der Waals surface area contributed by atoms with Crippen LogP contribution < -0.4 is 5.32 Å². The quantitative estimate of drug-likeness (QED) is 0.648. The molecule has 140 valence electrons. The molecule has 1 aromatic carbocycles. The van der Waals surface area contributed by atoms with E-state index in [9.17, 15) is 9.90 Å². The Labute approximate surface area is 157 Å². The van der Waals surface area contributed by atoms with Crippen LogP contribution in [0.25, 0.3) is 22.3 Å². The maximum atomic E-state index is 13.4. The summed E-state index contributed by atoms with van der Waals surface area (Å²) in [5, 5.41) is 21.0. The fourth-order valence-electron chi connectivity index (χ4n) is 3.71. The number of piperazine rings is 1. The molecule has 3 aromatic rings. The molecule has 1 atom stereocenters. The smallest absolute Gasteiger partial charge is 0.255 e. The van der Waals surface area contributed by atoms with Gasteiger partial charge in [0.1, 0.15) is 5.75 Å². The highest BCUT2D eigenvalue weighted by atomic mass is 16.3. The van der Waals surface area contributed by atoms with Crippen molar-refractivity contribution in [3.63, 3.8) is 0 Å². The summed E-state index contributed by atoms with van der Waals surface area (Å²) in [5.41, 5.74) is 4.42. The van der Waals surface area contributed by atoms with Crippen molar-refractivity contribution < 1.29 is 9.90 Å². The van der Waals surface area contributed by atoms with Crippen LogP contribution in [-0.4, -0.2) is 56.8 Å². The van der Waals surface area contributed by atoms with Crippen LogP contribution in [0.15, 0.2) is 24.3 Å². The molecular formula is C20H23N5O2. The summed E-state index contributed by atoms with van der Waals surface area (Å²) in [6, 6.07) is 7.11. The normalized spacial score (nSPS) is 17.4. The van der Waals surface area contributed by atoms with Gasteiger partial charge in [0.2, 0.25) is 0 Å². The number of phenols is 1. The molecule has 1 aliphatic heterocycles. The lowest BCUT2D eigenvalue weighted by Crippen LogP contribution is -2.52. The summed E-state index contributed by atoms with van der Waals surface area (Å²) in [7, 11) is 0. The average molecular weight is 365 g/mol. The zero-order valence-corrected chi connectivity index (χ0v) is 15.7. The number of carbonyl (C=O) groups is 1. The van der Waals surface area contributed by atoms with Crippen LogP contribution in [0.1, 0.15) is 28.5 Å². The van der Waals surface area contributed by atoms with E-state index in [0.29, 0.717) is 23.4 Å². The fraction of sp³-hybridized carbons (Fsp3) is 0.350. The van der Waals surface area contributed by atoms with Gasteiger partial charge in [0, 0.05) is 36.9 Å². The van der Waals surface area contributed by atoms with Crippen molar-refractivity contribution in [2.75, 3.05) is 19.6 Å². The SMILES string of the molecule is Cc1cc(O)ccc1-c1cc(C(=O)N2CCNC[C@@H]2C)c2c(C)[nH]nc2n1. The molecule has 27 heavy (non-hydrogen) atoms. The number of aromatic hydroxyl groups is 1. The molecule has 4 rings (SSSR count). The van der Waals surface area contributed by atoms with Crippen LogP contribution in [0.5, 0.6) is 5.75 Å². The number of aromatic amines is 1. The summed E-state index contributed by atoms with van der Waals surface area (Å²) in [6.07, 6.45) is 0. The molecule has 1 amide bonds. The molecule has 1 aliphatic rings. The van der Waals surface area contributed by atoms with Crippen molar-refractivity contribution in [1.29, 1.82) is 0 Å². The number of rotatable bonds is 2. The van der Waals surface area contributed by atoms with Gasteiger partial charge in [0.25, 0.3) is 5.91 Å². The van der Waals surface area contributed by atoms with E-state index < -0.39 is 0 Å². The minimum Gasteiger partial charge on any atom is -0.508 e. The number of aromatic nitrogens is 3. The number of benzene rings is 1. The third-order valence-electron chi connectivity index (χ3n) is 5.18. The Hall–Kier alpha value is -2.93. The average Bonchev–Trinajstić information content (AvgIpc) is 3.02. The Balaban J connectivity index is 1.88. The Bertz CT molecular complexity index is 1030. The van der Waals surface area contributed by atoms with E-state index in [1.807, 2.05) is 30.9 Å². The molecule has 3 heterocycles. The monoisotopic (exact) mass is 365 g/mol. The minimum absolute atomic E-state index is 0.00131. The highest BCUT2D eigenvalue weighted by Crippen LogP contribution is 2.30. The van der Waals surface area contributed by atoms with Crippen LogP contribution in [-0.2, 0) is 0 Å². The van der Waals surface area contributed by atoms with Gasteiger partial charge in [0.05, 0.1) is 16.6 Å². The zero-order chi connectivity index (χ0) is 19.1. The van der Waals surface area contributed by atoms with Gasteiger partial charge in [-0.3, -0.25) is 9.89 Å². The third-order valence-corrected chi connectivity index (χ3v) is 5.18. The predicted molar refractivity (Wildman–Crippen MR) is 104 cm³/mol. The molecule has 0 aliphatic carbocycles. The highest BCUT2D eigenvalue weighted by molar-refractivity contribution is 6.07. The standard InChI is InChI=1S/C20H23N5O2/c1-11-8-14(26)4-5-15(11)17-9-16(18-13(3)23-24-19(18)22-17)20(27)25-7-6-21-10-12(25)2/h4-5,8-9,12,21,26H,6-7,10H2,1-3H3,(H,22,23,24)/t12-/m0/s1. The zero-order valence-electron chi connectivity index (χ0n) is 15.7. The number of carbonyl (C=O) groups excluding carboxylic acids is 1. The van der Waals surface area contributed by atoms with Gasteiger partial charge in [-0.1, -0.05) is 0 Å². The van der Waals surface area contributed by atoms with E-state index in [1.54, 1.807) is 12.1 Å².